The minimum Gasteiger partial charge on any atom is -0.264 e. The van der Waals surface area contributed by atoms with Gasteiger partial charge in [-0.15, -0.1) is 0 Å². The first-order chi connectivity index (χ1) is 25.8. The summed E-state index contributed by atoms with van der Waals surface area (Å²) in [4.78, 5) is 13.5. The summed E-state index contributed by atoms with van der Waals surface area (Å²) in [6.45, 7) is 0. The van der Waals surface area contributed by atoms with Gasteiger partial charge in [0.1, 0.15) is 0 Å². The Hall–Kier alpha value is -6.97. The molecule has 0 atom stereocenters. The molecule has 0 radical (unpaired) electrons. The van der Waals surface area contributed by atoms with E-state index >= 15 is 0 Å². The van der Waals surface area contributed by atoms with E-state index in [1.165, 1.54) is 93.0 Å². The molecule has 8 aromatic carbocycles. The van der Waals surface area contributed by atoms with Gasteiger partial charge in [-0.05, 0) is 130 Å². The van der Waals surface area contributed by atoms with Crippen LogP contribution >= 0.6 is 0 Å². The lowest BCUT2D eigenvalue weighted by molar-refractivity contribution is 1.36. The molecule has 11 aromatic rings. The first-order valence-electron chi connectivity index (χ1n) is 17.6. The highest BCUT2D eigenvalue weighted by Gasteiger charge is 2.18. The van der Waals surface area contributed by atoms with E-state index in [9.17, 15) is 0 Å². The van der Waals surface area contributed by atoms with Crippen molar-refractivity contribution >= 4 is 64.8 Å². The van der Waals surface area contributed by atoms with Crippen LogP contribution in [0.4, 0.5) is 0 Å². The molecule has 0 spiro atoms. The molecular formula is C49H29N3. The lowest BCUT2D eigenvalue weighted by atomic mass is 9.85. The Balaban J connectivity index is 1.20. The van der Waals surface area contributed by atoms with Crippen LogP contribution in [-0.2, 0) is 0 Å². The summed E-state index contributed by atoms with van der Waals surface area (Å²) in [7, 11) is 0. The van der Waals surface area contributed by atoms with E-state index < -0.39 is 0 Å². The van der Waals surface area contributed by atoms with E-state index in [-0.39, 0.29) is 0 Å². The zero-order valence-electron chi connectivity index (χ0n) is 28.1. The summed E-state index contributed by atoms with van der Waals surface area (Å²) in [6, 6.07) is 53.3. The van der Waals surface area contributed by atoms with Crippen molar-refractivity contribution in [3.63, 3.8) is 0 Å². The lowest BCUT2D eigenvalue weighted by Gasteiger charge is -2.18. The van der Waals surface area contributed by atoms with Gasteiger partial charge in [0.2, 0.25) is 0 Å². The number of hydrogen-bond donors (Lipinski definition) is 0. The van der Waals surface area contributed by atoms with Crippen molar-refractivity contribution in [3.05, 3.63) is 177 Å². The van der Waals surface area contributed by atoms with Gasteiger partial charge in [0.15, 0.2) is 0 Å². The second kappa shape index (κ2) is 11.3. The van der Waals surface area contributed by atoms with Crippen LogP contribution in [0.2, 0.25) is 0 Å². The van der Waals surface area contributed by atoms with Crippen molar-refractivity contribution in [1.29, 1.82) is 0 Å². The Morgan fingerprint density at radius 2 is 0.808 bits per heavy atom. The highest BCUT2D eigenvalue weighted by molar-refractivity contribution is 6.28. The van der Waals surface area contributed by atoms with Crippen LogP contribution in [0.15, 0.2) is 177 Å². The normalized spacial score (nSPS) is 11.8. The van der Waals surface area contributed by atoms with Crippen molar-refractivity contribution in [1.82, 2.24) is 15.0 Å². The zero-order chi connectivity index (χ0) is 34.2. The summed E-state index contributed by atoms with van der Waals surface area (Å²) in [5, 5.41) is 13.4. The molecule has 0 aliphatic carbocycles. The highest BCUT2D eigenvalue weighted by atomic mass is 14.6. The lowest BCUT2D eigenvalue weighted by Crippen LogP contribution is -1.92. The Morgan fingerprint density at radius 1 is 0.308 bits per heavy atom. The first kappa shape index (κ1) is 28.8. The van der Waals surface area contributed by atoms with Gasteiger partial charge in [0.25, 0.3) is 0 Å². The van der Waals surface area contributed by atoms with Crippen molar-refractivity contribution in [3.8, 4) is 44.5 Å². The molecule has 240 valence electrons. The molecule has 11 rings (SSSR count). The molecular weight excluding hydrogens is 631 g/mol. The third-order valence-corrected chi connectivity index (χ3v) is 10.8. The SMILES string of the molecule is c1cc(-c2cc(-c3cccc4cnccc34)cc(-c3ccc4ccc5c(-c6cccc7ncccc67)ccc6ccc3c4c65)c2)c2ccncc2c1. The van der Waals surface area contributed by atoms with Crippen molar-refractivity contribution < 1.29 is 0 Å². The first-order valence-corrected chi connectivity index (χ1v) is 17.6. The number of fused-ring (bicyclic) bond motifs is 3. The fraction of sp³-hybridized carbons (Fsp3) is 0. The van der Waals surface area contributed by atoms with Gasteiger partial charge in [0, 0.05) is 47.1 Å². The van der Waals surface area contributed by atoms with Crippen LogP contribution in [0.5, 0.6) is 0 Å². The van der Waals surface area contributed by atoms with Crippen LogP contribution in [-0.4, -0.2) is 15.0 Å². The van der Waals surface area contributed by atoms with Gasteiger partial charge >= 0.3 is 0 Å². The summed E-state index contributed by atoms with van der Waals surface area (Å²) in [6.07, 6.45) is 9.54. The van der Waals surface area contributed by atoms with Gasteiger partial charge in [-0.1, -0.05) is 103 Å². The number of nitrogens with zero attached hydrogens (tertiary/aromatic N) is 3. The molecule has 0 fully saturated rings. The molecule has 0 amide bonds. The molecule has 0 saturated carbocycles. The van der Waals surface area contributed by atoms with E-state index in [0.717, 1.165) is 16.3 Å². The van der Waals surface area contributed by atoms with Crippen LogP contribution < -0.4 is 0 Å². The van der Waals surface area contributed by atoms with Gasteiger partial charge in [-0.25, -0.2) is 0 Å². The van der Waals surface area contributed by atoms with E-state index in [1.807, 2.05) is 37.1 Å². The number of pyridine rings is 3. The maximum absolute atomic E-state index is 4.66. The second-order valence-electron chi connectivity index (χ2n) is 13.6. The molecule has 3 aromatic heterocycles. The number of benzene rings is 8. The molecule has 3 heterocycles. The maximum Gasteiger partial charge on any atom is 0.0708 e. The predicted molar refractivity (Wildman–Crippen MR) is 218 cm³/mol. The monoisotopic (exact) mass is 659 g/mol. The summed E-state index contributed by atoms with van der Waals surface area (Å²) in [5.74, 6) is 0. The Labute approximate surface area is 299 Å². The summed E-state index contributed by atoms with van der Waals surface area (Å²) < 4.78 is 0. The van der Waals surface area contributed by atoms with Gasteiger partial charge in [0.05, 0.1) is 5.52 Å². The Bertz CT molecular complexity index is 3080. The van der Waals surface area contributed by atoms with Crippen LogP contribution in [0, 0.1) is 0 Å². The number of rotatable bonds is 4. The zero-order valence-corrected chi connectivity index (χ0v) is 28.1. The van der Waals surface area contributed by atoms with Crippen LogP contribution in [0.1, 0.15) is 0 Å². The summed E-state index contributed by atoms with van der Waals surface area (Å²) >= 11 is 0. The molecule has 0 saturated heterocycles. The standard InChI is InChI=1S/C49H29N3/c1-5-32-28-50-23-20-40(32)37(7-1)34-25-35(38-8-2-6-33-29-51-24-21-41(33)38)27-36(26-34)39-16-12-30-15-19-46-43(17-13-31-14-18-45(39)48(30)49(31)46)42-9-3-11-47-44(42)10-4-22-52-47/h1-29H. The van der Waals surface area contributed by atoms with Crippen LogP contribution in [0.3, 0.4) is 0 Å². The van der Waals surface area contributed by atoms with Crippen molar-refractivity contribution in [2.24, 2.45) is 0 Å². The minimum atomic E-state index is 1.01. The topological polar surface area (TPSA) is 38.7 Å². The van der Waals surface area contributed by atoms with Gasteiger partial charge < -0.3 is 0 Å². The highest BCUT2D eigenvalue weighted by Crippen LogP contribution is 2.45. The van der Waals surface area contributed by atoms with E-state index in [2.05, 4.69) is 154 Å². The quantitative estimate of drug-likeness (QED) is 0.177. The van der Waals surface area contributed by atoms with Crippen molar-refractivity contribution in [2.75, 3.05) is 0 Å². The molecule has 0 aliphatic rings. The maximum atomic E-state index is 4.66. The van der Waals surface area contributed by atoms with Gasteiger partial charge in [-0.2, -0.15) is 0 Å². The summed E-state index contributed by atoms with van der Waals surface area (Å²) in [5.41, 5.74) is 10.6. The predicted octanol–water partition coefficient (Wildman–Crippen LogP) is 12.9. The van der Waals surface area contributed by atoms with Crippen LogP contribution in [0.25, 0.3) is 109 Å². The van der Waals surface area contributed by atoms with Gasteiger partial charge in [-0.3, -0.25) is 15.0 Å². The average Bonchev–Trinajstić information content (AvgIpc) is 3.22. The average molecular weight is 660 g/mol. The Kier molecular flexibility index (Phi) is 6.25. The van der Waals surface area contributed by atoms with E-state index in [1.54, 1.807) is 0 Å². The van der Waals surface area contributed by atoms with E-state index in [4.69, 9.17) is 0 Å². The molecule has 0 unspecified atom stereocenters. The Morgan fingerprint density at radius 3 is 1.44 bits per heavy atom. The largest absolute Gasteiger partial charge is 0.264 e. The second-order valence-corrected chi connectivity index (χ2v) is 13.6. The molecule has 3 nitrogen and oxygen atoms in total. The fourth-order valence-corrected chi connectivity index (χ4v) is 8.47. The third kappa shape index (κ3) is 4.36. The molecule has 52 heavy (non-hydrogen) atoms. The smallest absolute Gasteiger partial charge is 0.0708 e. The molecule has 0 N–H and O–H groups in total. The molecule has 0 aliphatic heterocycles. The number of hydrogen-bond acceptors (Lipinski definition) is 3. The fourth-order valence-electron chi connectivity index (χ4n) is 8.47. The van der Waals surface area contributed by atoms with Crippen molar-refractivity contribution in [2.45, 2.75) is 0 Å². The third-order valence-electron chi connectivity index (χ3n) is 10.8. The van der Waals surface area contributed by atoms with E-state index in [0.29, 0.717) is 0 Å². The minimum absolute atomic E-state index is 1.01. The number of aromatic nitrogens is 3. The molecule has 3 heteroatoms. The molecule has 0 bridgehead atoms.